The van der Waals surface area contributed by atoms with Crippen molar-refractivity contribution in [2.24, 2.45) is 5.73 Å². The number of nitrogens with two attached hydrogens (primary N) is 1. The fraction of sp³-hybridized carbons (Fsp3) is 0.357. The number of carbonyl (C=O) groups excluding carboxylic acids is 4. The number of methoxy groups -OCH3 is 2. The molecule has 6 heterocycles. The smallest absolute Gasteiger partial charge is 0.479 e. The molecule has 5 amide bonds. The van der Waals surface area contributed by atoms with Crippen molar-refractivity contribution in [3.63, 3.8) is 0 Å². The maximum Gasteiger partial charge on any atom is 0.490 e. The first-order valence-electron chi connectivity index (χ1n) is 21.3. The molecule has 2 saturated heterocycles. The van der Waals surface area contributed by atoms with Gasteiger partial charge < -0.3 is 35.4 Å². The summed E-state index contributed by atoms with van der Waals surface area (Å²) in [5.41, 5.74) is 3.15. The Kier molecular flexibility index (Phi) is 19.9. The number of piperidine rings is 2. The third-order valence-corrected chi connectivity index (χ3v) is 12.3. The number of amides is 5. The number of urea groups is 2. The molecule has 2 aliphatic rings. The number of halogens is 12. The van der Waals surface area contributed by atoms with Gasteiger partial charge >= 0.3 is 36.6 Å². The Morgan fingerprint density at radius 2 is 1.07 bits per heavy atom. The summed E-state index contributed by atoms with van der Waals surface area (Å²) >= 11 is 7.41. The van der Waals surface area contributed by atoms with Crippen molar-refractivity contribution in [2.75, 3.05) is 51.0 Å². The number of carbonyl (C=O) groups is 5. The predicted octanol–water partition coefficient (Wildman–Crippen LogP) is 8.59. The van der Waals surface area contributed by atoms with Crippen molar-refractivity contribution in [1.29, 1.82) is 0 Å². The number of anilines is 2. The Labute approximate surface area is 432 Å². The minimum absolute atomic E-state index is 0.159. The van der Waals surface area contributed by atoms with Gasteiger partial charge in [-0.3, -0.25) is 20.2 Å². The topological polar surface area (TPSA) is 270 Å². The number of likely N-dealkylation sites (tertiary alicyclic amines) is 2. The number of rotatable bonds is 7. The Bertz CT molecular complexity index is 3040. The highest BCUT2D eigenvalue weighted by Crippen LogP contribution is 2.34. The van der Waals surface area contributed by atoms with Crippen LogP contribution >= 0.6 is 34.3 Å². The number of nitrogens with one attached hydrogen (secondary N) is 3. The van der Waals surface area contributed by atoms with Crippen LogP contribution in [0.15, 0.2) is 49.1 Å². The Morgan fingerprint density at radius 1 is 0.671 bits per heavy atom. The molecule has 76 heavy (non-hydrogen) atoms. The number of thiazole rings is 2. The van der Waals surface area contributed by atoms with Crippen LogP contribution < -0.4 is 31.2 Å². The minimum Gasteiger partial charge on any atom is -0.479 e. The molecule has 410 valence electrons. The van der Waals surface area contributed by atoms with E-state index in [-0.39, 0.29) is 35.3 Å². The molecule has 2 fully saturated rings. The average molecular weight is 1150 g/mol. The lowest BCUT2D eigenvalue weighted by Gasteiger charge is -2.32. The number of alkyl halides is 9. The number of nitrogens with zero attached hydrogens (tertiary/aromatic N) is 8. The third-order valence-electron chi connectivity index (χ3n) is 10.4. The lowest BCUT2D eigenvalue weighted by molar-refractivity contribution is -0.192. The molecule has 8 rings (SSSR count). The molecule has 34 heteroatoms. The quantitative estimate of drug-likeness (QED) is 0.0740. The zero-order valence-electron chi connectivity index (χ0n) is 38.7. The van der Waals surface area contributed by atoms with Gasteiger partial charge in [-0.1, -0.05) is 22.7 Å². The lowest BCUT2D eigenvalue weighted by atomic mass is 10.0. The third kappa shape index (κ3) is 16.3. The molecular formula is C42H38ClF11N12O8S2. The van der Waals surface area contributed by atoms with Gasteiger partial charge in [0.2, 0.25) is 11.8 Å². The van der Waals surface area contributed by atoms with E-state index in [1.807, 2.05) is 0 Å². The van der Waals surface area contributed by atoms with Crippen molar-refractivity contribution in [3.05, 3.63) is 82.9 Å². The number of hydrogen-bond donors (Lipinski definition) is 5. The summed E-state index contributed by atoms with van der Waals surface area (Å²) in [4.78, 5) is 85.8. The lowest BCUT2D eigenvalue weighted by Crippen LogP contribution is -2.47. The second-order valence-corrected chi connectivity index (χ2v) is 17.8. The van der Waals surface area contributed by atoms with Crippen LogP contribution in [-0.4, -0.2) is 133 Å². The van der Waals surface area contributed by atoms with Gasteiger partial charge in [-0.2, -0.15) is 49.5 Å². The van der Waals surface area contributed by atoms with Gasteiger partial charge in [-0.25, -0.2) is 43.1 Å². The first-order valence-corrected chi connectivity index (χ1v) is 23.3. The summed E-state index contributed by atoms with van der Waals surface area (Å²) in [5, 5.41) is 15.0. The Balaban J connectivity index is 0.000000215. The predicted molar refractivity (Wildman–Crippen MR) is 249 cm³/mol. The van der Waals surface area contributed by atoms with Crippen LogP contribution in [0.4, 0.5) is 68.1 Å². The van der Waals surface area contributed by atoms with Gasteiger partial charge in [0.05, 0.1) is 25.3 Å². The highest BCUT2D eigenvalue weighted by molar-refractivity contribution is 7.22. The van der Waals surface area contributed by atoms with E-state index in [2.05, 4.69) is 45.9 Å². The van der Waals surface area contributed by atoms with Gasteiger partial charge in [0.1, 0.15) is 24.3 Å². The molecule has 0 unspecified atom stereocenters. The van der Waals surface area contributed by atoms with E-state index in [0.29, 0.717) is 106 Å². The van der Waals surface area contributed by atoms with Crippen molar-refractivity contribution in [1.82, 2.24) is 45.0 Å². The largest absolute Gasteiger partial charge is 0.490 e. The zero-order valence-corrected chi connectivity index (χ0v) is 41.1. The normalized spacial score (nSPS) is 14.2. The number of carboxylic acids is 1. The SMILES string of the molecule is COc1ncnc2sc(NC(=O)N3CCC(N)CC3)nc12.COc1ncnc2sc(NC(=O)N3CCC(NC(=O)c4ccc(F)c(C(F)(F)F)c4)CC3)nc12.O=C(Cl)c1ccc(F)c(C(F)(F)F)c1.O=C(O)C(F)(F)F. The first-order chi connectivity index (χ1) is 35.6. The van der Waals surface area contributed by atoms with Gasteiger partial charge in [-0.05, 0) is 73.7 Å². The molecule has 2 aliphatic heterocycles. The van der Waals surface area contributed by atoms with Crippen LogP contribution in [0, 0.1) is 11.6 Å². The summed E-state index contributed by atoms with van der Waals surface area (Å²) in [6, 6.07) is 3.23. The molecule has 0 aliphatic carbocycles. The molecule has 0 bridgehead atoms. The van der Waals surface area contributed by atoms with Gasteiger partial charge in [0.15, 0.2) is 31.0 Å². The molecule has 2 aromatic carbocycles. The van der Waals surface area contributed by atoms with Gasteiger partial charge in [0, 0.05) is 49.4 Å². The second kappa shape index (κ2) is 25.4. The molecule has 0 spiro atoms. The van der Waals surface area contributed by atoms with Crippen LogP contribution in [0.3, 0.4) is 0 Å². The molecule has 20 nitrogen and oxygen atoms in total. The van der Waals surface area contributed by atoms with E-state index in [9.17, 15) is 67.5 Å². The van der Waals surface area contributed by atoms with E-state index in [0.717, 1.165) is 36.3 Å². The van der Waals surface area contributed by atoms with E-state index < -0.39 is 58.4 Å². The van der Waals surface area contributed by atoms with Gasteiger partial charge in [-0.15, -0.1) is 0 Å². The van der Waals surface area contributed by atoms with Crippen LogP contribution in [0.1, 0.15) is 57.5 Å². The summed E-state index contributed by atoms with van der Waals surface area (Å²) in [6.45, 7) is 1.95. The van der Waals surface area contributed by atoms with Crippen molar-refractivity contribution in [3.8, 4) is 11.8 Å². The fourth-order valence-corrected chi connectivity index (χ4v) is 8.25. The molecular weight excluding hydrogens is 1110 g/mol. The van der Waals surface area contributed by atoms with Crippen LogP contribution in [-0.2, 0) is 17.1 Å². The number of carboxylic acid groups (broad SMARTS) is 1. The number of hydrogen-bond acceptors (Lipinski definition) is 16. The monoisotopic (exact) mass is 1150 g/mol. The Hall–Kier alpha value is -7.39. The average Bonchev–Trinajstić information content (AvgIpc) is 3.97. The maximum absolute atomic E-state index is 13.4. The van der Waals surface area contributed by atoms with Crippen LogP contribution in [0.2, 0.25) is 0 Å². The Morgan fingerprint density at radius 3 is 1.45 bits per heavy atom. The van der Waals surface area contributed by atoms with E-state index >= 15 is 0 Å². The molecule has 6 aromatic rings. The molecule has 6 N–H and O–H groups in total. The number of fused-ring (bicyclic) bond motifs is 2. The standard InChI is InChI=1S/C20H18F4N6O3S.C12H16N6O2S.C8H3ClF4O.C2HF3O2/c1-33-16-14-17(26-9-25-16)34-18(28-14)29-19(32)30-6-4-11(5-7-30)27-15(31)10-2-3-13(21)12(8-10)20(22,23)24;1-20-9-8-10(15-6-14-9)21-11(16-8)17-12(19)18-4-2-7(13)3-5-18;9-7(14)4-1-2-6(10)5(3-4)8(11,12)13;3-2(4,5)1(6)7/h2-3,8-9,11H,4-7H2,1H3,(H,27,31)(H,28,29,32);6-7H,2-5,13H2,1H3,(H,16,17,19);1-3H;(H,6,7). The molecule has 0 atom stereocenters. The highest BCUT2D eigenvalue weighted by atomic mass is 35.5. The van der Waals surface area contributed by atoms with E-state index in [4.69, 9.17) is 36.7 Å². The number of aromatic nitrogens is 6. The second-order valence-electron chi connectivity index (χ2n) is 15.5. The first kappa shape index (κ1) is 59.5. The number of ether oxygens (including phenoxy) is 2. The number of benzene rings is 2. The molecule has 0 saturated carbocycles. The minimum atomic E-state index is -5.08. The summed E-state index contributed by atoms with van der Waals surface area (Å²) in [7, 11) is 2.98. The van der Waals surface area contributed by atoms with Crippen molar-refractivity contribution in [2.45, 2.75) is 56.3 Å². The summed E-state index contributed by atoms with van der Waals surface area (Å²) in [5.74, 6) is -5.67. The van der Waals surface area contributed by atoms with E-state index in [1.54, 1.807) is 4.90 Å². The van der Waals surface area contributed by atoms with Crippen molar-refractivity contribution < 1.29 is 86.8 Å². The summed E-state index contributed by atoms with van der Waals surface area (Å²) < 4.78 is 143. The summed E-state index contributed by atoms with van der Waals surface area (Å²) in [6.07, 6.45) is -9.63. The van der Waals surface area contributed by atoms with Crippen LogP contribution in [0.25, 0.3) is 20.7 Å². The van der Waals surface area contributed by atoms with Crippen LogP contribution in [0.5, 0.6) is 11.8 Å². The fourth-order valence-electron chi connectivity index (χ4n) is 6.56. The van der Waals surface area contributed by atoms with Crippen molar-refractivity contribution >= 4 is 94.4 Å². The molecule has 4 aromatic heterocycles. The maximum atomic E-state index is 13.4. The number of aliphatic carboxylic acids is 1. The van der Waals surface area contributed by atoms with E-state index in [1.165, 1.54) is 43.1 Å². The van der Waals surface area contributed by atoms with Gasteiger partial charge in [0.25, 0.3) is 11.1 Å². The highest BCUT2D eigenvalue weighted by Gasteiger charge is 2.39. The zero-order chi connectivity index (χ0) is 56.3. The molecule has 0 radical (unpaired) electrons.